The zero-order chi connectivity index (χ0) is 23.4. The van der Waals surface area contributed by atoms with E-state index in [1.807, 2.05) is 19.1 Å². The Balaban J connectivity index is 1.37. The first-order chi connectivity index (χ1) is 15.9. The normalized spacial score (nSPS) is 15.7. The van der Waals surface area contributed by atoms with Gasteiger partial charge in [-0.05, 0) is 61.7 Å². The first kappa shape index (κ1) is 23.0. The van der Waals surface area contributed by atoms with Gasteiger partial charge in [-0.3, -0.25) is 4.79 Å². The molecule has 1 fully saturated rings. The molecule has 172 valence electrons. The summed E-state index contributed by atoms with van der Waals surface area (Å²) in [5, 5.41) is 15.7. The Bertz CT molecular complexity index is 1150. The van der Waals surface area contributed by atoms with Gasteiger partial charge in [0.1, 0.15) is 10.8 Å². The van der Waals surface area contributed by atoms with Crippen LogP contribution in [0.1, 0.15) is 39.1 Å². The van der Waals surface area contributed by atoms with Gasteiger partial charge in [0.05, 0.1) is 7.11 Å². The van der Waals surface area contributed by atoms with Crippen LogP contribution in [-0.4, -0.2) is 47.2 Å². The lowest BCUT2D eigenvalue weighted by Crippen LogP contribution is -2.41. The number of nitrogens with zero attached hydrogens (tertiary/aromatic N) is 3. The van der Waals surface area contributed by atoms with Gasteiger partial charge in [-0.1, -0.05) is 29.0 Å². The zero-order valence-corrected chi connectivity index (χ0v) is 19.9. The molecule has 8 nitrogen and oxygen atoms in total. The molecular formula is C23H24ClN5O3S. The summed E-state index contributed by atoms with van der Waals surface area (Å²) in [4.78, 5) is 27.1. The van der Waals surface area contributed by atoms with Crippen molar-refractivity contribution in [3.63, 3.8) is 0 Å². The molecule has 33 heavy (non-hydrogen) atoms. The molecule has 3 aromatic rings. The predicted molar refractivity (Wildman–Crippen MR) is 130 cm³/mol. The smallest absolute Gasteiger partial charge is 0.321 e. The van der Waals surface area contributed by atoms with Crippen molar-refractivity contribution < 1.29 is 14.3 Å². The van der Waals surface area contributed by atoms with E-state index in [1.165, 1.54) is 11.3 Å². The van der Waals surface area contributed by atoms with Gasteiger partial charge in [-0.2, -0.15) is 0 Å². The third kappa shape index (κ3) is 5.61. The predicted octanol–water partition coefficient (Wildman–Crippen LogP) is 5.17. The van der Waals surface area contributed by atoms with E-state index in [9.17, 15) is 9.59 Å². The molecule has 2 heterocycles. The minimum atomic E-state index is -0.314. The number of aromatic nitrogens is 2. The van der Waals surface area contributed by atoms with Crippen LogP contribution in [0.4, 0.5) is 16.2 Å². The number of carbonyl (C=O) groups is 2. The fraction of sp³-hybridized carbons (Fsp3) is 0.304. The summed E-state index contributed by atoms with van der Waals surface area (Å²) in [6.07, 6.45) is 1.73. The fourth-order valence-electron chi connectivity index (χ4n) is 3.59. The minimum absolute atomic E-state index is 0.0335. The van der Waals surface area contributed by atoms with Crippen LogP contribution in [0, 0.1) is 6.92 Å². The van der Waals surface area contributed by atoms with Gasteiger partial charge in [-0.15, -0.1) is 10.2 Å². The Morgan fingerprint density at radius 3 is 2.61 bits per heavy atom. The van der Waals surface area contributed by atoms with E-state index < -0.39 is 0 Å². The number of hydrogen-bond acceptors (Lipinski definition) is 6. The van der Waals surface area contributed by atoms with Crippen molar-refractivity contribution in [1.29, 1.82) is 0 Å². The van der Waals surface area contributed by atoms with Gasteiger partial charge in [0, 0.05) is 35.4 Å². The Kier molecular flexibility index (Phi) is 7.10. The van der Waals surface area contributed by atoms with E-state index >= 15 is 0 Å². The highest BCUT2D eigenvalue weighted by Crippen LogP contribution is 2.30. The number of piperidine rings is 1. The Labute approximate surface area is 200 Å². The maximum absolute atomic E-state index is 12.8. The van der Waals surface area contributed by atoms with Crippen LogP contribution in [0.25, 0.3) is 0 Å². The van der Waals surface area contributed by atoms with Gasteiger partial charge in [0.25, 0.3) is 5.91 Å². The molecule has 4 rings (SSSR count). The molecular weight excluding hydrogens is 462 g/mol. The van der Waals surface area contributed by atoms with Crippen molar-refractivity contribution in [3.05, 3.63) is 63.1 Å². The van der Waals surface area contributed by atoms with Gasteiger partial charge in [0.15, 0.2) is 0 Å². The number of urea groups is 1. The number of aryl methyl sites for hydroxylation is 1. The van der Waals surface area contributed by atoms with Crippen molar-refractivity contribution in [2.75, 3.05) is 30.8 Å². The maximum Gasteiger partial charge on any atom is 0.321 e. The summed E-state index contributed by atoms with van der Waals surface area (Å²) >= 11 is 7.42. The maximum atomic E-state index is 12.8. The molecule has 1 saturated heterocycles. The molecule has 0 radical (unpaired) electrons. The molecule has 0 spiro atoms. The number of rotatable bonds is 5. The number of nitrogens with one attached hydrogen (secondary N) is 2. The molecule has 1 aliphatic heterocycles. The van der Waals surface area contributed by atoms with Crippen LogP contribution in [0.3, 0.4) is 0 Å². The number of likely N-dealkylation sites (tertiary alicyclic amines) is 1. The molecule has 0 bridgehead atoms. The number of hydrogen-bond donors (Lipinski definition) is 2. The van der Waals surface area contributed by atoms with Crippen LogP contribution < -0.4 is 15.4 Å². The lowest BCUT2D eigenvalue weighted by Gasteiger charge is -2.31. The second-order valence-corrected chi connectivity index (χ2v) is 9.22. The highest BCUT2D eigenvalue weighted by molar-refractivity contribution is 7.13. The summed E-state index contributed by atoms with van der Waals surface area (Å²) in [5.41, 5.74) is 2.26. The van der Waals surface area contributed by atoms with Gasteiger partial charge >= 0.3 is 6.03 Å². The standard InChI is InChI=1S/C23H24ClN5O3S/c1-14-5-6-17(12-19(14)24)26-23(31)29-11-3-4-15(13-29)21-27-28-22(33-21)20(30)25-16-7-9-18(32-2)10-8-16/h5-10,12,15H,3-4,11,13H2,1-2H3,(H,25,30)(H,26,31)/t15-/m0/s1. The van der Waals surface area contributed by atoms with Crippen LogP contribution in [0.2, 0.25) is 5.02 Å². The Morgan fingerprint density at radius 1 is 1.12 bits per heavy atom. The van der Waals surface area contributed by atoms with E-state index in [0.29, 0.717) is 35.2 Å². The number of anilines is 2. The molecule has 2 N–H and O–H groups in total. The summed E-state index contributed by atoms with van der Waals surface area (Å²) < 4.78 is 5.13. The van der Waals surface area contributed by atoms with Crippen molar-refractivity contribution in [2.24, 2.45) is 0 Å². The summed E-state index contributed by atoms with van der Waals surface area (Å²) in [6, 6.07) is 12.3. The molecule has 1 aromatic heterocycles. The fourth-order valence-corrected chi connectivity index (χ4v) is 4.63. The van der Waals surface area contributed by atoms with E-state index in [1.54, 1.807) is 42.3 Å². The van der Waals surface area contributed by atoms with E-state index in [0.717, 1.165) is 23.4 Å². The summed E-state index contributed by atoms with van der Waals surface area (Å²) in [6.45, 7) is 3.09. The molecule has 0 aliphatic carbocycles. The average molecular weight is 486 g/mol. The molecule has 0 saturated carbocycles. The second kappa shape index (κ2) is 10.2. The number of methoxy groups -OCH3 is 1. The van der Waals surface area contributed by atoms with E-state index in [2.05, 4.69) is 20.8 Å². The highest BCUT2D eigenvalue weighted by atomic mass is 35.5. The van der Waals surface area contributed by atoms with Crippen molar-refractivity contribution >= 4 is 46.3 Å². The van der Waals surface area contributed by atoms with Crippen LogP contribution in [0.5, 0.6) is 5.75 Å². The van der Waals surface area contributed by atoms with Crippen molar-refractivity contribution in [3.8, 4) is 5.75 Å². The number of halogens is 1. The first-order valence-corrected chi connectivity index (χ1v) is 11.7. The highest BCUT2D eigenvalue weighted by Gasteiger charge is 2.28. The molecule has 1 atom stereocenters. The topological polar surface area (TPSA) is 96.4 Å². The molecule has 3 amide bonds. The lowest BCUT2D eigenvalue weighted by molar-refractivity contribution is 0.102. The number of amides is 3. The van der Waals surface area contributed by atoms with Crippen molar-refractivity contribution in [1.82, 2.24) is 15.1 Å². The Hall–Kier alpha value is -3.17. The lowest BCUT2D eigenvalue weighted by atomic mass is 9.99. The molecule has 0 unspecified atom stereocenters. The Morgan fingerprint density at radius 2 is 1.88 bits per heavy atom. The quantitative estimate of drug-likeness (QED) is 0.519. The molecule has 1 aliphatic rings. The second-order valence-electron chi connectivity index (χ2n) is 7.81. The van der Waals surface area contributed by atoms with Crippen LogP contribution in [0.15, 0.2) is 42.5 Å². The van der Waals surface area contributed by atoms with E-state index in [4.69, 9.17) is 16.3 Å². The molecule has 10 heteroatoms. The first-order valence-electron chi connectivity index (χ1n) is 10.5. The van der Waals surface area contributed by atoms with E-state index in [-0.39, 0.29) is 22.9 Å². The van der Waals surface area contributed by atoms with Crippen LogP contribution >= 0.6 is 22.9 Å². The summed E-state index contributed by atoms with van der Waals surface area (Å²) in [7, 11) is 1.59. The third-order valence-corrected chi connectivity index (χ3v) is 6.96. The van der Waals surface area contributed by atoms with Gasteiger partial charge in [-0.25, -0.2) is 4.79 Å². The monoisotopic (exact) mass is 485 g/mol. The van der Waals surface area contributed by atoms with Crippen LogP contribution in [-0.2, 0) is 0 Å². The number of benzene rings is 2. The third-order valence-electron chi connectivity index (χ3n) is 5.46. The summed E-state index contributed by atoms with van der Waals surface area (Å²) in [5.74, 6) is 0.430. The number of ether oxygens (including phenoxy) is 1. The number of carbonyl (C=O) groups excluding carboxylic acids is 2. The minimum Gasteiger partial charge on any atom is -0.497 e. The van der Waals surface area contributed by atoms with Gasteiger partial charge in [0.2, 0.25) is 5.01 Å². The van der Waals surface area contributed by atoms with Crippen molar-refractivity contribution in [2.45, 2.75) is 25.7 Å². The molecule has 2 aromatic carbocycles. The largest absolute Gasteiger partial charge is 0.497 e. The van der Waals surface area contributed by atoms with Gasteiger partial charge < -0.3 is 20.3 Å². The average Bonchev–Trinajstić information content (AvgIpc) is 3.33. The zero-order valence-electron chi connectivity index (χ0n) is 18.3. The SMILES string of the molecule is COc1ccc(NC(=O)c2nnc([C@H]3CCCN(C(=O)Nc4ccc(C)c(Cl)c4)C3)s2)cc1.